The molecule has 0 aromatic carbocycles. The molecular weight excluding hydrogens is 206 g/mol. The topological polar surface area (TPSA) is 48.3 Å². The number of rotatable bonds is 4. The van der Waals surface area contributed by atoms with Crippen molar-refractivity contribution in [1.82, 2.24) is 15.1 Å². The largest absolute Gasteiger partial charge is 0.376 e. The molecule has 0 amide bonds. The first kappa shape index (κ1) is 11.6. The van der Waals surface area contributed by atoms with Crippen LogP contribution in [0.2, 0.25) is 0 Å². The van der Waals surface area contributed by atoms with Crippen LogP contribution in [0, 0.1) is 0 Å². The van der Waals surface area contributed by atoms with Crippen molar-refractivity contribution in [2.45, 2.75) is 19.1 Å². The lowest BCUT2D eigenvalue weighted by Crippen LogP contribution is -2.38. The maximum Gasteiger partial charge on any atom is 0.0933 e. The van der Waals surface area contributed by atoms with Crippen LogP contribution >= 0.6 is 0 Å². The summed E-state index contributed by atoms with van der Waals surface area (Å²) in [4.78, 5) is 0. The van der Waals surface area contributed by atoms with Crippen LogP contribution in [0.5, 0.6) is 0 Å². The van der Waals surface area contributed by atoms with E-state index in [-0.39, 0.29) is 12.1 Å². The van der Waals surface area contributed by atoms with Crippen LogP contribution in [0.15, 0.2) is 12.3 Å². The van der Waals surface area contributed by atoms with Gasteiger partial charge in [0.05, 0.1) is 31.6 Å². The van der Waals surface area contributed by atoms with Gasteiger partial charge in [0.2, 0.25) is 0 Å². The zero-order chi connectivity index (χ0) is 11.4. The molecule has 2 heterocycles. The third-order valence-corrected chi connectivity index (χ3v) is 2.84. The first-order chi connectivity index (χ1) is 7.77. The summed E-state index contributed by atoms with van der Waals surface area (Å²) in [5.74, 6) is 0. The predicted molar refractivity (Wildman–Crippen MR) is 60.2 cm³/mol. The Labute approximate surface area is 95.7 Å². The molecule has 16 heavy (non-hydrogen) atoms. The lowest BCUT2D eigenvalue weighted by atomic mass is 10.2. The van der Waals surface area contributed by atoms with E-state index in [2.05, 4.69) is 17.3 Å². The van der Waals surface area contributed by atoms with E-state index >= 15 is 0 Å². The number of aromatic nitrogens is 2. The van der Waals surface area contributed by atoms with Gasteiger partial charge in [0, 0.05) is 25.8 Å². The molecule has 0 aliphatic carbocycles. The second-order valence-electron chi connectivity index (χ2n) is 4.08. The van der Waals surface area contributed by atoms with Crippen LogP contribution in [-0.4, -0.2) is 42.2 Å². The lowest BCUT2D eigenvalue weighted by molar-refractivity contribution is -0.0870. The van der Waals surface area contributed by atoms with Crippen molar-refractivity contribution in [2.24, 2.45) is 7.05 Å². The van der Waals surface area contributed by atoms with Gasteiger partial charge in [0.15, 0.2) is 0 Å². The molecule has 0 bridgehead atoms. The van der Waals surface area contributed by atoms with Crippen molar-refractivity contribution < 1.29 is 9.47 Å². The molecule has 5 nitrogen and oxygen atoms in total. The maximum absolute atomic E-state index is 5.57. The van der Waals surface area contributed by atoms with Gasteiger partial charge in [-0.25, -0.2) is 0 Å². The van der Waals surface area contributed by atoms with Gasteiger partial charge >= 0.3 is 0 Å². The molecule has 1 saturated heterocycles. The summed E-state index contributed by atoms with van der Waals surface area (Å²) in [6.45, 7) is 5.04. The Morgan fingerprint density at radius 2 is 2.50 bits per heavy atom. The minimum atomic E-state index is 0.171. The highest BCUT2D eigenvalue weighted by Crippen LogP contribution is 2.10. The van der Waals surface area contributed by atoms with E-state index in [1.165, 1.54) is 5.69 Å². The molecule has 1 aromatic rings. The average molecular weight is 225 g/mol. The first-order valence-electron chi connectivity index (χ1n) is 5.68. The van der Waals surface area contributed by atoms with Crippen LogP contribution < -0.4 is 5.32 Å². The molecule has 0 radical (unpaired) electrons. The SMILES string of the molecule is CC(NCC1COCCO1)c1ccnn1C. The summed E-state index contributed by atoms with van der Waals surface area (Å²) < 4.78 is 12.8. The highest BCUT2D eigenvalue weighted by atomic mass is 16.6. The van der Waals surface area contributed by atoms with Gasteiger partial charge in [-0.1, -0.05) is 0 Å². The van der Waals surface area contributed by atoms with E-state index in [1.54, 1.807) is 0 Å². The van der Waals surface area contributed by atoms with Crippen molar-refractivity contribution in [3.05, 3.63) is 18.0 Å². The smallest absolute Gasteiger partial charge is 0.0933 e. The van der Waals surface area contributed by atoms with Crippen molar-refractivity contribution in [2.75, 3.05) is 26.4 Å². The van der Waals surface area contributed by atoms with Gasteiger partial charge in [-0.2, -0.15) is 5.10 Å². The minimum absolute atomic E-state index is 0.171. The van der Waals surface area contributed by atoms with E-state index < -0.39 is 0 Å². The Morgan fingerprint density at radius 3 is 3.12 bits per heavy atom. The zero-order valence-corrected chi connectivity index (χ0v) is 9.85. The molecule has 5 heteroatoms. The van der Waals surface area contributed by atoms with Gasteiger partial charge in [0.1, 0.15) is 0 Å². The number of hydrogen-bond acceptors (Lipinski definition) is 4. The van der Waals surface area contributed by atoms with E-state index in [9.17, 15) is 0 Å². The molecule has 1 aliphatic heterocycles. The standard InChI is InChI=1S/C11H19N3O2/c1-9(11-3-4-13-14(11)2)12-7-10-8-15-5-6-16-10/h3-4,9-10,12H,5-8H2,1-2H3. The number of ether oxygens (including phenoxy) is 2. The third kappa shape index (κ3) is 2.81. The van der Waals surface area contributed by atoms with Crippen LogP contribution in [0.4, 0.5) is 0 Å². The number of nitrogens with zero attached hydrogens (tertiary/aromatic N) is 2. The Balaban J connectivity index is 1.79. The fraction of sp³-hybridized carbons (Fsp3) is 0.727. The van der Waals surface area contributed by atoms with Crippen molar-refractivity contribution in [3.8, 4) is 0 Å². The second-order valence-corrected chi connectivity index (χ2v) is 4.08. The highest BCUT2D eigenvalue weighted by Gasteiger charge is 2.16. The molecule has 1 aliphatic rings. The number of nitrogens with one attached hydrogen (secondary N) is 1. The fourth-order valence-corrected chi connectivity index (χ4v) is 1.88. The Bertz CT molecular complexity index is 321. The molecule has 0 saturated carbocycles. The van der Waals surface area contributed by atoms with Crippen LogP contribution in [0.25, 0.3) is 0 Å². The molecule has 90 valence electrons. The van der Waals surface area contributed by atoms with E-state index in [1.807, 2.05) is 24.0 Å². The molecule has 2 atom stereocenters. The van der Waals surface area contributed by atoms with Crippen LogP contribution in [0.1, 0.15) is 18.7 Å². The summed E-state index contributed by atoms with van der Waals surface area (Å²) in [5.41, 5.74) is 1.18. The van der Waals surface area contributed by atoms with Gasteiger partial charge in [-0.3, -0.25) is 4.68 Å². The second kappa shape index (κ2) is 5.43. The van der Waals surface area contributed by atoms with Gasteiger partial charge < -0.3 is 14.8 Å². The molecule has 0 spiro atoms. The molecule has 1 N–H and O–H groups in total. The number of aryl methyl sites for hydroxylation is 1. The van der Waals surface area contributed by atoms with Crippen molar-refractivity contribution in [1.29, 1.82) is 0 Å². The molecule has 1 fully saturated rings. The Kier molecular flexibility index (Phi) is 3.93. The highest BCUT2D eigenvalue weighted by molar-refractivity contribution is 5.05. The summed E-state index contributed by atoms with van der Waals surface area (Å²) in [6, 6.07) is 2.30. The monoisotopic (exact) mass is 225 g/mol. The Morgan fingerprint density at radius 1 is 1.62 bits per heavy atom. The van der Waals surface area contributed by atoms with E-state index in [4.69, 9.17) is 9.47 Å². The Hall–Kier alpha value is -0.910. The van der Waals surface area contributed by atoms with Crippen molar-refractivity contribution in [3.63, 3.8) is 0 Å². The summed E-state index contributed by atoms with van der Waals surface area (Å²) in [6.07, 6.45) is 1.98. The summed E-state index contributed by atoms with van der Waals surface area (Å²) >= 11 is 0. The average Bonchev–Trinajstić information content (AvgIpc) is 2.74. The van der Waals surface area contributed by atoms with Crippen LogP contribution in [-0.2, 0) is 16.5 Å². The van der Waals surface area contributed by atoms with Crippen molar-refractivity contribution >= 4 is 0 Å². The van der Waals surface area contributed by atoms with Gasteiger partial charge in [-0.05, 0) is 13.0 Å². The first-order valence-corrected chi connectivity index (χ1v) is 5.68. The minimum Gasteiger partial charge on any atom is -0.376 e. The zero-order valence-electron chi connectivity index (χ0n) is 9.85. The maximum atomic E-state index is 5.57. The van der Waals surface area contributed by atoms with Gasteiger partial charge in [-0.15, -0.1) is 0 Å². The molecule has 2 unspecified atom stereocenters. The fourth-order valence-electron chi connectivity index (χ4n) is 1.88. The molecular formula is C11H19N3O2. The van der Waals surface area contributed by atoms with E-state index in [0.717, 1.165) is 6.54 Å². The van der Waals surface area contributed by atoms with Crippen LogP contribution in [0.3, 0.4) is 0 Å². The lowest BCUT2D eigenvalue weighted by Gasteiger charge is -2.25. The quantitative estimate of drug-likeness (QED) is 0.810. The molecule has 1 aromatic heterocycles. The predicted octanol–water partition coefficient (Wildman–Crippen LogP) is 0.486. The normalized spacial score (nSPS) is 23.2. The molecule has 2 rings (SSSR count). The van der Waals surface area contributed by atoms with Gasteiger partial charge in [0.25, 0.3) is 0 Å². The summed E-state index contributed by atoms with van der Waals surface area (Å²) in [5, 5.41) is 7.58. The number of hydrogen-bond donors (Lipinski definition) is 1. The van der Waals surface area contributed by atoms with E-state index in [0.29, 0.717) is 19.8 Å². The summed E-state index contributed by atoms with van der Waals surface area (Å²) in [7, 11) is 1.95. The third-order valence-electron chi connectivity index (χ3n) is 2.84.